The molecule has 2 aromatic rings. The van der Waals surface area contributed by atoms with Crippen LogP contribution in [-0.4, -0.2) is 36.1 Å². The first-order valence-corrected chi connectivity index (χ1v) is 11.1. The number of hydrogen-bond acceptors (Lipinski definition) is 4. The number of allylic oxidation sites excluding steroid dienone is 1. The van der Waals surface area contributed by atoms with Crippen molar-refractivity contribution in [2.45, 2.75) is 33.2 Å². The van der Waals surface area contributed by atoms with Crippen LogP contribution < -0.4 is 16.0 Å². The monoisotopic (exact) mass is 470 g/mol. The Labute approximate surface area is 197 Å². The van der Waals surface area contributed by atoms with Crippen LogP contribution in [0, 0.1) is 0 Å². The third-order valence-corrected chi connectivity index (χ3v) is 5.37. The number of nitrogens with zero attached hydrogens (tertiary/aromatic N) is 1. The molecule has 0 spiro atoms. The van der Waals surface area contributed by atoms with Crippen LogP contribution in [0.4, 0.5) is 21.0 Å². The zero-order valence-corrected chi connectivity index (χ0v) is 19.5. The van der Waals surface area contributed by atoms with Gasteiger partial charge in [0.25, 0.3) is 0 Å². The normalized spacial score (nSPS) is 15.7. The molecule has 1 heterocycles. The molecule has 33 heavy (non-hydrogen) atoms. The first kappa shape index (κ1) is 24.1. The molecule has 8 nitrogen and oxygen atoms in total. The standard InChI is InChI=1S/C24H27ClN4O4/c1-4-13-29-15(3)20(22(30)33-5-2)21(28-24(29)32)16-7-6-8-19(14-16)27-23(31)26-18-11-9-17(25)10-12-18/h6-12,14,21H,4-5,13H2,1-3H3,(H,28,32)(H2,26,27,31)/t21-/m1/s1. The van der Waals surface area contributed by atoms with Crippen molar-refractivity contribution in [1.29, 1.82) is 0 Å². The molecule has 0 aromatic heterocycles. The summed E-state index contributed by atoms with van der Waals surface area (Å²) < 4.78 is 5.27. The van der Waals surface area contributed by atoms with E-state index >= 15 is 0 Å². The van der Waals surface area contributed by atoms with Crippen molar-refractivity contribution in [2.75, 3.05) is 23.8 Å². The van der Waals surface area contributed by atoms with Crippen LogP contribution in [-0.2, 0) is 9.53 Å². The summed E-state index contributed by atoms with van der Waals surface area (Å²) in [5, 5.41) is 8.96. The van der Waals surface area contributed by atoms with Gasteiger partial charge >= 0.3 is 18.0 Å². The number of urea groups is 2. The Morgan fingerprint density at radius 2 is 1.79 bits per heavy atom. The highest BCUT2D eigenvalue weighted by Gasteiger charge is 2.36. The van der Waals surface area contributed by atoms with Crippen LogP contribution in [0.5, 0.6) is 0 Å². The van der Waals surface area contributed by atoms with Gasteiger partial charge in [0.1, 0.15) is 0 Å². The number of esters is 1. The molecule has 0 bridgehead atoms. The van der Waals surface area contributed by atoms with Crippen molar-refractivity contribution < 1.29 is 19.1 Å². The van der Waals surface area contributed by atoms with Crippen molar-refractivity contribution in [3.8, 4) is 0 Å². The van der Waals surface area contributed by atoms with Gasteiger partial charge < -0.3 is 20.7 Å². The Balaban J connectivity index is 1.86. The highest BCUT2D eigenvalue weighted by Crippen LogP contribution is 2.32. The second-order valence-corrected chi connectivity index (χ2v) is 7.90. The second kappa shape index (κ2) is 10.9. The molecule has 3 N–H and O–H groups in total. The smallest absolute Gasteiger partial charge is 0.338 e. The largest absolute Gasteiger partial charge is 0.463 e. The van der Waals surface area contributed by atoms with Gasteiger partial charge in [-0.3, -0.25) is 4.90 Å². The second-order valence-electron chi connectivity index (χ2n) is 7.47. The third kappa shape index (κ3) is 5.84. The van der Waals surface area contributed by atoms with E-state index in [4.69, 9.17) is 16.3 Å². The highest BCUT2D eigenvalue weighted by molar-refractivity contribution is 6.30. The summed E-state index contributed by atoms with van der Waals surface area (Å²) in [7, 11) is 0. The molecule has 1 aliphatic rings. The van der Waals surface area contributed by atoms with Gasteiger partial charge in [-0.2, -0.15) is 0 Å². The lowest BCUT2D eigenvalue weighted by molar-refractivity contribution is -0.139. The molecule has 0 radical (unpaired) electrons. The van der Waals surface area contributed by atoms with Gasteiger partial charge in [-0.15, -0.1) is 0 Å². The molecule has 0 aliphatic carbocycles. The zero-order valence-electron chi connectivity index (χ0n) is 18.8. The van der Waals surface area contributed by atoms with E-state index in [9.17, 15) is 14.4 Å². The average molecular weight is 471 g/mol. The zero-order chi connectivity index (χ0) is 24.0. The van der Waals surface area contributed by atoms with Crippen molar-refractivity contribution >= 4 is 41.0 Å². The lowest BCUT2D eigenvalue weighted by atomic mass is 9.94. The number of rotatable bonds is 7. The predicted octanol–water partition coefficient (Wildman–Crippen LogP) is 5.30. The Bertz CT molecular complexity index is 1070. The maximum Gasteiger partial charge on any atom is 0.338 e. The Kier molecular flexibility index (Phi) is 7.95. The van der Waals surface area contributed by atoms with Gasteiger partial charge in [-0.05, 0) is 62.2 Å². The summed E-state index contributed by atoms with van der Waals surface area (Å²) in [5.74, 6) is -0.486. The predicted molar refractivity (Wildman–Crippen MR) is 128 cm³/mol. The number of ether oxygens (including phenoxy) is 1. The van der Waals surface area contributed by atoms with E-state index in [1.54, 1.807) is 67.3 Å². The lowest BCUT2D eigenvalue weighted by Crippen LogP contribution is -2.48. The number of carbonyl (C=O) groups excluding carboxylic acids is 3. The van der Waals surface area contributed by atoms with E-state index in [-0.39, 0.29) is 12.6 Å². The molecular formula is C24H27ClN4O4. The SMILES string of the molecule is CCCN1C(=O)N[C@H](c2cccc(NC(=O)Nc3ccc(Cl)cc3)c2)C(C(=O)OCC)=C1C. The van der Waals surface area contributed by atoms with Crippen LogP contribution in [0.3, 0.4) is 0 Å². The topological polar surface area (TPSA) is 99.8 Å². The van der Waals surface area contributed by atoms with E-state index in [2.05, 4.69) is 16.0 Å². The van der Waals surface area contributed by atoms with Gasteiger partial charge in [0, 0.05) is 28.6 Å². The molecule has 0 fully saturated rings. The van der Waals surface area contributed by atoms with Crippen LogP contribution in [0.1, 0.15) is 38.8 Å². The number of anilines is 2. The molecule has 0 saturated heterocycles. The van der Waals surface area contributed by atoms with Gasteiger partial charge in [-0.1, -0.05) is 30.7 Å². The molecule has 3 rings (SSSR count). The van der Waals surface area contributed by atoms with Crippen LogP contribution in [0.2, 0.25) is 5.02 Å². The highest BCUT2D eigenvalue weighted by atomic mass is 35.5. The minimum Gasteiger partial charge on any atom is -0.463 e. The quantitative estimate of drug-likeness (QED) is 0.478. The Morgan fingerprint density at radius 1 is 1.09 bits per heavy atom. The number of carbonyl (C=O) groups is 3. The summed E-state index contributed by atoms with van der Waals surface area (Å²) in [6.07, 6.45) is 0.744. The van der Waals surface area contributed by atoms with Crippen LogP contribution in [0.15, 0.2) is 59.8 Å². The Morgan fingerprint density at radius 3 is 2.45 bits per heavy atom. The fraction of sp³-hybridized carbons (Fsp3) is 0.292. The first-order valence-electron chi connectivity index (χ1n) is 10.7. The number of amides is 4. The molecule has 9 heteroatoms. The molecule has 0 saturated carbocycles. The molecule has 1 aliphatic heterocycles. The van der Waals surface area contributed by atoms with E-state index in [0.29, 0.717) is 39.8 Å². The minimum atomic E-state index is -0.703. The first-order chi connectivity index (χ1) is 15.8. The maximum absolute atomic E-state index is 12.8. The van der Waals surface area contributed by atoms with E-state index in [1.807, 2.05) is 6.92 Å². The molecule has 0 unspecified atom stereocenters. The number of halogens is 1. The van der Waals surface area contributed by atoms with E-state index in [0.717, 1.165) is 6.42 Å². The van der Waals surface area contributed by atoms with Crippen molar-refractivity contribution in [3.05, 3.63) is 70.4 Å². The number of hydrogen-bond donors (Lipinski definition) is 3. The lowest BCUT2D eigenvalue weighted by Gasteiger charge is -2.35. The van der Waals surface area contributed by atoms with E-state index < -0.39 is 18.0 Å². The molecule has 2 aromatic carbocycles. The number of benzene rings is 2. The van der Waals surface area contributed by atoms with Gasteiger partial charge in [-0.25, -0.2) is 14.4 Å². The number of nitrogens with one attached hydrogen (secondary N) is 3. The average Bonchev–Trinajstić information content (AvgIpc) is 2.78. The third-order valence-electron chi connectivity index (χ3n) is 5.12. The van der Waals surface area contributed by atoms with Gasteiger partial charge in [0.2, 0.25) is 0 Å². The Hall–Kier alpha value is -3.52. The summed E-state index contributed by atoms with van der Waals surface area (Å²) in [6, 6.07) is 12.3. The molecular weight excluding hydrogens is 444 g/mol. The molecule has 4 amide bonds. The van der Waals surface area contributed by atoms with Gasteiger partial charge in [0.05, 0.1) is 18.2 Å². The van der Waals surface area contributed by atoms with Crippen molar-refractivity contribution in [1.82, 2.24) is 10.2 Å². The summed E-state index contributed by atoms with van der Waals surface area (Å²) >= 11 is 5.87. The summed E-state index contributed by atoms with van der Waals surface area (Å²) in [4.78, 5) is 39.5. The summed E-state index contributed by atoms with van der Waals surface area (Å²) in [5.41, 5.74) is 2.67. The van der Waals surface area contributed by atoms with E-state index in [1.165, 1.54) is 0 Å². The van der Waals surface area contributed by atoms with Crippen molar-refractivity contribution in [2.24, 2.45) is 0 Å². The fourth-order valence-electron chi connectivity index (χ4n) is 3.62. The summed E-state index contributed by atoms with van der Waals surface area (Å²) in [6.45, 7) is 6.14. The van der Waals surface area contributed by atoms with Crippen LogP contribution >= 0.6 is 11.6 Å². The minimum absolute atomic E-state index is 0.219. The van der Waals surface area contributed by atoms with Gasteiger partial charge in [0.15, 0.2) is 0 Å². The fourth-order valence-corrected chi connectivity index (χ4v) is 3.75. The van der Waals surface area contributed by atoms with Crippen molar-refractivity contribution in [3.63, 3.8) is 0 Å². The maximum atomic E-state index is 12.8. The molecule has 1 atom stereocenters. The molecule has 174 valence electrons. The van der Waals surface area contributed by atoms with Crippen LogP contribution in [0.25, 0.3) is 0 Å².